The number of piperazine rings is 1. The average Bonchev–Trinajstić information content (AvgIpc) is 2.37. The zero-order valence-corrected chi connectivity index (χ0v) is 11.6. The Labute approximate surface area is 113 Å². The fourth-order valence-corrected chi connectivity index (χ4v) is 2.02. The van der Waals surface area contributed by atoms with Crippen molar-refractivity contribution in [2.45, 2.75) is 19.4 Å². The fourth-order valence-electron chi connectivity index (χ4n) is 2.02. The molecular weight excluding hydrogens is 250 g/mol. The van der Waals surface area contributed by atoms with E-state index >= 15 is 0 Å². The van der Waals surface area contributed by atoms with Gasteiger partial charge in [-0.3, -0.25) is 9.69 Å². The standard InChI is InChI=1S/C12H23N3O4/c1-10(9-19-2)13-12(18)15-7-5-14(6-8-15)4-3-11(16)17/h10H,3-9H2,1-2H3,(H,13,18)(H,16,17). The smallest absolute Gasteiger partial charge is 0.317 e. The lowest BCUT2D eigenvalue weighted by Gasteiger charge is -2.35. The van der Waals surface area contributed by atoms with Crippen LogP contribution in [0.25, 0.3) is 0 Å². The van der Waals surface area contributed by atoms with Crippen molar-refractivity contribution in [3.05, 3.63) is 0 Å². The van der Waals surface area contributed by atoms with E-state index in [4.69, 9.17) is 9.84 Å². The van der Waals surface area contributed by atoms with E-state index in [1.165, 1.54) is 0 Å². The van der Waals surface area contributed by atoms with Crippen molar-refractivity contribution in [3.63, 3.8) is 0 Å². The molecule has 0 aromatic heterocycles. The van der Waals surface area contributed by atoms with Crippen molar-refractivity contribution in [2.75, 3.05) is 46.4 Å². The quantitative estimate of drug-likeness (QED) is 0.702. The summed E-state index contributed by atoms with van der Waals surface area (Å²) in [7, 11) is 1.60. The third kappa shape index (κ3) is 5.89. The van der Waals surface area contributed by atoms with Crippen LogP contribution in [-0.4, -0.2) is 79.4 Å². The maximum Gasteiger partial charge on any atom is 0.317 e. The van der Waals surface area contributed by atoms with Gasteiger partial charge in [0.05, 0.1) is 19.1 Å². The van der Waals surface area contributed by atoms with Crippen LogP contribution in [-0.2, 0) is 9.53 Å². The number of nitrogens with one attached hydrogen (secondary N) is 1. The SMILES string of the molecule is COCC(C)NC(=O)N1CCN(CCC(=O)O)CC1. The average molecular weight is 273 g/mol. The van der Waals surface area contributed by atoms with E-state index in [1.54, 1.807) is 12.0 Å². The number of carboxylic acids is 1. The Morgan fingerprint density at radius 3 is 2.47 bits per heavy atom. The third-order valence-electron chi connectivity index (χ3n) is 3.09. The normalized spacial score (nSPS) is 18.1. The van der Waals surface area contributed by atoms with Crippen LogP contribution in [0, 0.1) is 0 Å². The first kappa shape index (κ1) is 15.7. The summed E-state index contributed by atoms with van der Waals surface area (Å²) < 4.78 is 4.97. The molecule has 0 radical (unpaired) electrons. The number of amides is 2. The molecule has 0 aromatic carbocycles. The molecule has 2 N–H and O–H groups in total. The van der Waals surface area contributed by atoms with Crippen LogP contribution in [0.3, 0.4) is 0 Å². The first-order valence-electron chi connectivity index (χ1n) is 6.51. The number of rotatable bonds is 6. The molecule has 7 heteroatoms. The van der Waals surface area contributed by atoms with Crippen LogP contribution in [0.4, 0.5) is 4.79 Å². The number of aliphatic carboxylic acids is 1. The van der Waals surface area contributed by atoms with Crippen LogP contribution in [0.15, 0.2) is 0 Å². The van der Waals surface area contributed by atoms with Crippen molar-refractivity contribution < 1.29 is 19.4 Å². The Hall–Kier alpha value is -1.34. The van der Waals surface area contributed by atoms with Gasteiger partial charge in [0.15, 0.2) is 0 Å². The second-order valence-corrected chi connectivity index (χ2v) is 4.78. The predicted molar refractivity (Wildman–Crippen MR) is 70.1 cm³/mol. The number of nitrogens with zero attached hydrogens (tertiary/aromatic N) is 2. The molecule has 1 aliphatic rings. The van der Waals surface area contributed by atoms with E-state index in [1.807, 2.05) is 6.92 Å². The fraction of sp³-hybridized carbons (Fsp3) is 0.833. The molecule has 7 nitrogen and oxygen atoms in total. The van der Waals surface area contributed by atoms with Crippen LogP contribution < -0.4 is 5.32 Å². The molecule has 0 bridgehead atoms. The van der Waals surface area contributed by atoms with Gasteiger partial charge in [-0.15, -0.1) is 0 Å². The molecule has 0 aromatic rings. The van der Waals surface area contributed by atoms with E-state index in [-0.39, 0.29) is 18.5 Å². The Bertz CT molecular complexity index is 303. The molecule has 1 fully saturated rings. The number of carbonyl (C=O) groups is 2. The highest BCUT2D eigenvalue weighted by Crippen LogP contribution is 2.03. The van der Waals surface area contributed by atoms with Crippen molar-refractivity contribution in [1.29, 1.82) is 0 Å². The Balaban J connectivity index is 2.25. The minimum atomic E-state index is -0.784. The van der Waals surface area contributed by atoms with Crippen LogP contribution in [0.2, 0.25) is 0 Å². The molecule has 1 saturated heterocycles. The van der Waals surface area contributed by atoms with Gasteiger partial charge in [0.1, 0.15) is 0 Å². The summed E-state index contributed by atoms with van der Waals surface area (Å²) in [6, 6.07) is -0.0926. The van der Waals surface area contributed by atoms with E-state index in [0.717, 1.165) is 13.1 Å². The summed E-state index contributed by atoms with van der Waals surface area (Å²) >= 11 is 0. The number of carboxylic acid groups (broad SMARTS) is 1. The van der Waals surface area contributed by atoms with Gasteiger partial charge >= 0.3 is 12.0 Å². The number of ether oxygens (including phenoxy) is 1. The third-order valence-corrected chi connectivity index (χ3v) is 3.09. The number of carbonyl (C=O) groups excluding carboxylic acids is 1. The summed E-state index contributed by atoms with van der Waals surface area (Å²) in [5.41, 5.74) is 0. The topological polar surface area (TPSA) is 82.1 Å². The van der Waals surface area contributed by atoms with Gasteiger partial charge in [-0.05, 0) is 6.92 Å². The van der Waals surface area contributed by atoms with Crippen LogP contribution in [0.5, 0.6) is 0 Å². The molecular formula is C12H23N3O4. The minimum absolute atomic E-state index is 0.0115. The molecule has 1 aliphatic heterocycles. The second kappa shape index (κ2) is 7.96. The predicted octanol–water partition coefficient (Wildman–Crippen LogP) is -0.177. The number of hydrogen-bond donors (Lipinski definition) is 2. The lowest BCUT2D eigenvalue weighted by Crippen LogP contribution is -2.53. The lowest BCUT2D eigenvalue weighted by molar-refractivity contribution is -0.137. The van der Waals surface area contributed by atoms with Crippen molar-refractivity contribution in [2.24, 2.45) is 0 Å². The van der Waals surface area contributed by atoms with Gasteiger partial charge in [0, 0.05) is 39.8 Å². The molecule has 0 aliphatic carbocycles. The van der Waals surface area contributed by atoms with Gasteiger partial charge in [0.25, 0.3) is 0 Å². The van der Waals surface area contributed by atoms with E-state index in [2.05, 4.69) is 10.2 Å². The van der Waals surface area contributed by atoms with Crippen molar-refractivity contribution in [1.82, 2.24) is 15.1 Å². The number of hydrogen-bond acceptors (Lipinski definition) is 4. The Kier molecular flexibility index (Phi) is 6.58. The van der Waals surface area contributed by atoms with Gasteiger partial charge in [-0.2, -0.15) is 0 Å². The molecule has 1 unspecified atom stereocenters. The highest BCUT2D eigenvalue weighted by Gasteiger charge is 2.22. The van der Waals surface area contributed by atoms with Crippen molar-refractivity contribution in [3.8, 4) is 0 Å². The van der Waals surface area contributed by atoms with Gasteiger partial charge < -0.3 is 20.1 Å². The number of methoxy groups -OCH3 is 1. The van der Waals surface area contributed by atoms with Crippen molar-refractivity contribution >= 4 is 12.0 Å². The second-order valence-electron chi connectivity index (χ2n) is 4.78. The maximum absolute atomic E-state index is 11.9. The molecule has 19 heavy (non-hydrogen) atoms. The molecule has 0 spiro atoms. The zero-order chi connectivity index (χ0) is 14.3. The highest BCUT2D eigenvalue weighted by atomic mass is 16.5. The summed E-state index contributed by atoms with van der Waals surface area (Å²) in [6.07, 6.45) is 0.150. The summed E-state index contributed by atoms with van der Waals surface area (Å²) in [5, 5.41) is 11.5. The molecule has 110 valence electrons. The lowest BCUT2D eigenvalue weighted by atomic mass is 10.3. The molecule has 1 heterocycles. The van der Waals surface area contributed by atoms with E-state index < -0.39 is 5.97 Å². The number of urea groups is 1. The molecule has 2 amide bonds. The first-order chi connectivity index (χ1) is 9.02. The molecule has 0 saturated carbocycles. The van der Waals surface area contributed by atoms with E-state index in [9.17, 15) is 9.59 Å². The maximum atomic E-state index is 11.9. The van der Waals surface area contributed by atoms with E-state index in [0.29, 0.717) is 26.2 Å². The highest BCUT2D eigenvalue weighted by molar-refractivity contribution is 5.74. The van der Waals surface area contributed by atoms with Crippen LogP contribution >= 0.6 is 0 Å². The van der Waals surface area contributed by atoms with Gasteiger partial charge in [0.2, 0.25) is 0 Å². The Morgan fingerprint density at radius 2 is 1.95 bits per heavy atom. The minimum Gasteiger partial charge on any atom is -0.481 e. The summed E-state index contributed by atoms with van der Waals surface area (Å²) in [5.74, 6) is -0.784. The summed E-state index contributed by atoms with van der Waals surface area (Å²) in [4.78, 5) is 26.2. The monoisotopic (exact) mass is 273 g/mol. The largest absolute Gasteiger partial charge is 0.481 e. The van der Waals surface area contributed by atoms with Crippen LogP contribution in [0.1, 0.15) is 13.3 Å². The molecule has 1 rings (SSSR count). The molecule has 1 atom stereocenters. The first-order valence-corrected chi connectivity index (χ1v) is 6.51. The Morgan fingerprint density at radius 1 is 1.32 bits per heavy atom. The summed E-state index contributed by atoms with van der Waals surface area (Å²) in [6.45, 7) is 5.63. The van der Waals surface area contributed by atoms with Gasteiger partial charge in [-0.25, -0.2) is 4.79 Å². The zero-order valence-electron chi connectivity index (χ0n) is 11.6. The van der Waals surface area contributed by atoms with Gasteiger partial charge in [-0.1, -0.05) is 0 Å².